The molecule has 0 bridgehead atoms. The standard InChI is InChI=1S/C14H17ClFNO/c1-13(2,3)17-12(18)14(6-7-14)10-5-4-9(15)8-11(10)16/h4-5,8H,6-7H2,1-3H3,(H,17,18). The van der Waals surface area contributed by atoms with Crippen LogP contribution in [0, 0.1) is 5.82 Å². The Morgan fingerprint density at radius 3 is 2.44 bits per heavy atom. The van der Waals surface area contributed by atoms with E-state index in [4.69, 9.17) is 11.6 Å². The molecule has 0 spiro atoms. The first-order valence-corrected chi connectivity index (χ1v) is 6.41. The number of amides is 1. The van der Waals surface area contributed by atoms with E-state index >= 15 is 0 Å². The predicted octanol–water partition coefficient (Wildman–Crippen LogP) is 3.43. The summed E-state index contributed by atoms with van der Waals surface area (Å²) >= 11 is 5.73. The van der Waals surface area contributed by atoms with Gasteiger partial charge in [-0.05, 0) is 45.7 Å². The molecule has 0 radical (unpaired) electrons. The number of hydrogen-bond donors (Lipinski definition) is 1. The predicted molar refractivity (Wildman–Crippen MR) is 70.2 cm³/mol. The number of carbonyl (C=O) groups excluding carboxylic acids is 1. The zero-order chi connectivity index (χ0) is 13.6. The Kier molecular flexibility index (Phi) is 3.14. The molecule has 1 saturated carbocycles. The van der Waals surface area contributed by atoms with Crippen LogP contribution in [0.3, 0.4) is 0 Å². The number of halogens is 2. The zero-order valence-corrected chi connectivity index (χ0v) is 11.6. The van der Waals surface area contributed by atoms with Crippen molar-refractivity contribution in [3.05, 3.63) is 34.6 Å². The first-order chi connectivity index (χ1) is 8.24. The van der Waals surface area contributed by atoms with Crippen LogP contribution in [0.25, 0.3) is 0 Å². The maximum Gasteiger partial charge on any atom is 0.231 e. The lowest BCUT2D eigenvalue weighted by Crippen LogP contribution is -2.46. The largest absolute Gasteiger partial charge is 0.351 e. The fourth-order valence-corrected chi connectivity index (χ4v) is 2.24. The fourth-order valence-electron chi connectivity index (χ4n) is 2.08. The van der Waals surface area contributed by atoms with Gasteiger partial charge in [0.05, 0.1) is 5.41 Å². The molecule has 1 N–H and O–H groups in total. The summed E-state index contributed by atoms with van der Waals surface area (Å²) in [6, 6.07) is 4.51. The van der Waals surface area contributed by atoms with Crippen molar-refractivity contribution in [1.82, 2.24) is 5.32 Å². The van der Waals surface area contributed by atoms with E-state index in [1.807, 2.05) is 20.8 Å². The summed E-state index contributed by atoms with van der Waals surface area (Å²) in [5, 5.41) is 3.27. The number of carbonyl (C=O) groups is 1. The molecule has 0 unspecified atom stereocenters. The van der Waals surface area contributed by atoms with Gasteiger partial charge in [0.1, 0.15) is 5.82 Å². The molecule has 18 heavy (non-hydrogen) atoms. The van der Waals surface area contributed by atoms with E-state index in [1.165, 1.54) is 6.07 Å². The van der Waals surface area contributed by atoms with Crippen molar-refractivity contribution in [2.24, 2.45) is 0 Å². The molecule has 1 aliphatic rings. The van der Waals surface area contributed by atoms with E-state index in [-0.39, 0.29) is 11.4 Å². The van der Waals surface area contributed by atoms with E-state index in [0.29, 0.717) is 23.4 Å². The minimum Gasteiger partial charge on any atom is -0.351 e. The van der Waals surface area contributed by atoms with Crippen LogP contribution in [0.5, 0.6) is 0 Å². The van der Waals surface area contributed by atoms with Gasteiger partial charge >= 0.3 is 0 Å². The maximum atomic E-state index is 13.9. The minimum atomic E-state index is -0.693. The van der Waals surface area contributed by atoms with Crippen LogP contribution in [0.2, 0.25) is 5.02 Å². The fraction of sp³-hybridized carbons (Fsp3) is 0.500. The van der Waals surface area contributed by atoms with Gasteiger partial charge in [0, 0.05) is 16.1 Å². The molecule has 1 fully saturated rings. The molecular formula is C14H17ClFNO. The van der Waals surface area contributed by atoms with Gasteiger partial charge in [-0.1, -0.05) is 17.7 Å². The van der Waals surface area contributed by atoms with E-state index in [1.54, 1.807) is 12.1 Å². The topological polar surface area (TPSA) is 29.1 Å². The minimum absolute atomic E-state index is 0.101. The number of nitrogens with one attached hydrogen (secondary N) is 1. The van der Waals surface area contributed by atoms with Gasteiger partial charge < -0.3 is 5.32 Å². The quantitative estimate of drug-likeness (QED) is 0.876. The average molecular weight is 270 g/mol. The number of benzene rings is 1. The van der Waals surface area contributed by atoms with Crippen LogP contribution in [0.15, 0.2) is 18.2 Å². The van der Waals surface area contributed by atoms with Crippen LogP contribution < -0.4 is 5.32 Å². The molecule has 0 saturated heterocycles. The Balaban J connectivity index is 2.29. The first kappa shape index (κ1) is 13.3. The molecular weight excluding hydrogens is 253 g/mol. The highest BCUT2D eigenvalue weighted by atomic mass is 35.5. The Bertz CT molecular complexity index is 489. The lowest BCUT2D eigenvalue weighted by Gasteiger charge is -2.25. The van der Waals surface area contributed by atoms with E-state index in [2.05, 4.69) is 5.32 Å². The summed E-state index contributed by atoms with van der Waals surface area (Å²) in [5.41, 5.74) is -0.550. The third-order valence-electron chi connectivity index (χ3n) is 3.12. The molecule has 1 aliphatic carbocycles. The smallest absolute Gasteiger partial charge is 0.231 e. The van der Waals surface area contributed by atoms with Crippen LogP contribution >= 0.6 is 11.6 Å². The molecule has 4 heteroatoms. The van der Waals surface area contributed by atoms with Crippen molar-refractivity contribution in [1.29, 1.82) is 0 Å². The molecule has 98 valence electrons. The third-order valence-corrected chi connectivity index (χ3v) is 3.35. The van der Waals surface area contributed by atoms with Gasteiger partial charge in [-0.25, -0.2) is 4.39 Å². The lowest BCUT2D eigenvalue weighted by atomic mass is 9.93. The van der Waals surface area contributed by atoms with Gasteiger partial charge in [-0.15, -0.1) is 0 Å². The Hall–Kier alpha value is -1.09. The SMILES string of the molecule is CC(C)(C)NC(=O)C1(c2ccc(Cl)cc2F)CC1. The molecule has 0 atom stereocenters. The zero-order valence-electron chi connectivity index (χ0n) is 10.8. The summed E-state index contributed by atoms with van der Waals surface area (Å²) in [6.45, 7) is 5.75. The van der Waals surface area contributed by atoms with E-state index in [0.717, 1.165) is 0 Å². The van der Waals surface area contributed by atoms with Crippen LogP contribution in [-0.2, 0) is 10.2 Å². The molecule has 1 amide bonds. The number of hydrogen-bond acceptors (Lipinski definition) is 1. The van der Waals surface area contributed by atoms with Gasteiger partial charge in [-0.2, -0.15) is 0 Å². The van der Waals surface area contributed by atoms with Gasteiger partial charge in [0.25, 0.3) is 0 Å². The highest BCUT2D eigenvalue weighted by Gasteiger charge is 2.53. The Labute approximate surface area is 112 Å². The monoisotopic (exact) mass is 269 g/mol. The first-order valence-electron chi connectivity index (χ1n) is 6.03. The summed E-state index contributed by atoms with van der Waals surface area (Å²) in [4.78, 5) is 12.3. The van der Waals surface area contributed by atoms with Crippen LogP contribution in [0.1, 0.15) is 39.2 Å². The summed E-state index contributed by atoms with van der Waals surface area (Å²) in [5.74, 6) is -0.500. The molecule has 2 rings (SSSR count). The van der Waals surface area contributed by atoms with Gasteiger partial charge in [0.2, 0.25) is 5.91 Å². The van der Waals surface area contributed by atoms with E-state index in [9.17, 15) is 9.18 Å². The molecule has 2 nitrogen and oxygen atoms in total. The lowest BCUT2D eigenvalue weighted by molar-refractivity contribution is -0.125. The van der Waals surface area contributed by atoms with Gasteiger partial charge in [0.15, 0.2) is 0 Å². The Morgan fingerprint density at radius 2 is 2.00 bits per heavy atom. The van der Waals surface area contributed by atoms with Crippen LogP contribution in [-0.4, -0.2) is 11.4 Å². The van der Waals surface area contributed by atoms with Crippen molar-refractivity contribution in [2.75, 3.05) is 0 Å². The maximum absolute atomic E-state index is 13.9. The normalized spacial score (nSPS) is 17.4. The second-order valence-electron chi connectivity index (χ2n) is 5.91. The van der Waals surface area contributed by atoms with Crippen molar-refractivity contribution in [3.8, 4) is 0 Å². The van der Waals surface area contributed by atoms with Gasteiger partial charge in [-0.3, -0.25) is 4.79 Å². The highest BCUT2D eigenvalue weighted by molar-refractivity contribution is 6.30. The van der Waals surface area contributed by atoms with Crippen molar-refractivity contribution < 1.29 is 9.18 Å². The Morgan fingerprint density at radius 1 is 1.39 bits per heavy atom. The van der Waals surface area contributed by atoms with E-state index < -0.39 is 11.2 Å². The summed E-state index contributed by atoms with van der Waals surface area (Å²) < 4.78 is 13.9. The average Bonchev–Trinajstić information content (AvgIpc) is 2.95. The molecule has 1 aromatic carbocycles. The molecule has 1 aromatic rings. The van der Waals surface area contributed by atoms with Crippen molar-refractivity contribution in [2.45, 2.75) is 44.6 Å². The summed E-state index contributed by atoms with van der Waals surface area (Å²) in [7, 11) is 0. The number of rotatable bonds is 2. The highest BCUT2D eigenvalue weighted by Crippen LogP contribution is 2.49. The van der Waals surface area contributed by atoms with Crippen molar-refractivity contribution in [3.63, 3.8) is 0 Å². The van der Waals surface area contributed by atoms with Crippen LogP contribution in [0.4, 0.5) is 4.39 Å². The van der Waals surface area contributed by atoms with Crippen molar-refractivity contribution >= 4 is 17.5 Å². The molecule has 0 aromatic heterocycles. The summed E-state index contributed by atoms with van der Waals surface area (Å²) in [6.07, 6.45) is 1.38. The third kappa shape index (κ3) is 2.51. The second kappa shape index (κ2) is 4.23. The second-order valence-corrected chi connectivity index (χ2v) is 6.35. The molecule has 0 heterocycles. The molecule has 0 aliphatic heterocycles.